The second kappa shape index (κ2) is 9.19. The first-order valence-electron chi connectivity index (χ1n) is 10.5. The summed E-state index contributed by atoms with van der Waals surface area (Å²) in [5, 5.41) is 3.50. The van der Waals surface area contributed by atoms with E-state index in [0.717, 1.165) is 17.4 Å². The van der Waals surface area contributed by atoms with E-state index in [0.29, 0.717) is 43.4 Å². The molecule has 9 heteroatoms. The van der Waals surface area contributed by atoms with Gasteiger partial charge in [-0.3, -0.25) is 4.79 Å². The van der Waals surface area contributed by atoms with Crippen LogP contribution in [0.3, 0.4) is 0 Å². The van der Waals surface area contributed by atoms with Crippen LogP contribution in [0.25, 0.3) is 0 Å². The third-order valence-electron chi connectivity index (χ3n) is 6.17. The highest BCUT2D eigenvalue weighted by Crippen LogP contribution is 2.40. The first kappa shape index (κ1) is 22.7. The Labute approximate surface area is 190 Å². The van der Waals surface area contributed by atoms with Crippen molar-refractivity contribution in [2.24, 2.45) is 5.92 Å². The van der Waals surface area contributed by atoms with Crippen LogP contribution in [0.4, 0.5) is 24.5 Å². The average Bonchev–Trinajstić information content (AvgIpc) is 2.77. The first-order chi connectivity index (χ1) is 15.3. The van der Waals surface area contributed by atoms with E-state index in [9.17, 15) is 18.0 Å². The topological polar surface area (TPSA) is 44.8 Å². The summed E-state index contributed by atoms with van der Waals surface area (Å²) in [7, 11) is 1.55. The molecule has 0 bridgehead atoms. The highest BCUT2D eigenvalue weighted by molar-refractivity contribution is 6.33. The minimum Gasteiger partial charge on any atom is -0.383 e. The molecule has 2 aromatic rings. The molecule has 5 nitrogen and oxygen atoms in total. The van der Waals surface area contributed by atoms with Gasteiger partial charge in [-0.2, -0.15) is 13.2 Å². The maximum atomic E-state index is 13.3. The Morgan fingerprint density at radius 3 is 2.69 bits per heavy atom. The number of rotatable bonds is 5. The molecule has 0 aromatic heterocycles. The van der Waals surface area contributed by atoms with Gasteiger partial charge in [-0.05, 0) is 42.3 Å². The van der Waals surface area contributed by atoms with Crippen molar-refractivity contribution in [1.29, 1.82) is 0 Å². The molecule has 0 radical (unpaired) electrons. The zero-order chi connectivity index (χ0) is 22.9. The number of carbonyl (C=O) groups excluding carboxylic acids is 1. The van der Waals surface area contributed by atoms with Crippen molar-refractivity contribution in [3.8, 4) is 0 Å². The zero-order valence-electron chi connectivity index (χ0n) is 17.7. The summed E-state index contributed by atoms with van der Waals surface area (Å²) in [6, 6.07) is 11.2. The lowest BCUT2D eigenvalue weighted by Gasteiger charge is -2.49. The van der Waals surface area contributed by atoms with Crippen LogP contribution in [-0.2, 0) is 22.1 Å². The fraction of sp³-hybridized carbons (Fsp3) is 0.435. The predicted octanol–water partition coefficient (Wildman–Crippen LogP) is 3.99. The van der Waals surface area contributed by atoms with Crippen molar-refractivity contribution in [1.82, 2.24) is 5.32 Å². The second-order valence-corrected chi connectivity index (χ2v) is 8.50. The Kier molecular flexibility index (Phi) is 6.53. The molecule has 32 heavy (non-hydrogen) atoms. The largest absolute Gasteiger partial charge is 0.416 e. The highest BCUT2D eigenvalue weighted by atomic mass is 35.5. The van der Waals surface area contributed by atoms with Crippen molar-refractivity contribution >= 4 is 28.9 Å². The number of methoxy groups -OCH3 is 1. The molecular weight excluding hydrogens is 443 g/mol. The molecule has 2 unspecified atom stereocenters. The molecule has 1 saturated heterocycles. The van der Waals surface area contributed by atoms with Crippen molar-refractivity contribution < 1.29 is 22.7 Å². The van der Waals surface area contributed by atoms with Gasteiger partial charge in [0, 0.05) is 39.0 Å². The summed E-state index contributed by atoms with van der Waals surface area (Å²) in [5.41, 5.74) is 1.52. The number of alkyl halides is 3. The summed E-state index contributed by atoms with van der Waals surface area (Å²) in [6.45, 7) is 2.50. The van der Waals surface area contributed by atoms with Crippen molar-refractivity contribution in [3.63, 3.8) is 0 Å². The number of piperazine rings is 1. The van der Waals surface area contributed by atoms with E-state index in [1.165, 1.54) is 12.1 Å². The number of nitrogens with zero attached hydrogens (tertiary/aromatic N) is 2. The molecule has 0 spiro atoms. The van der Waals surface area contributed by atoms with Crippen molar-refractivity contribution in [2.45, 2.75) is 18.6 Å². The third-order valence-corrected chi connectivity index (χ3v) is 6.49. The SMILES string of the molecule is COCCNC(=O)C1Cc2cc(C(F)(F)F)ccc2N2CCN(c3ccccc3Cl)CC12. The number of carbonyl (C=O) groups is 1. The molecule has 1 amide bonds. The van der Waals surface area contributed by atoms with E-state index < -0.39 is 17.7 Å². The summed E-state index contributed by atoms with van der Waals surface area (Å²) >= 11 is 6.40. The van der Waals surface area contributed by atoms with Crippen molar-refractivity contribution in [3.05, 3.63) is 58.6 Å². The Bertz CT molecular complexity index is 985. The molecule has 2 aliphatic heterocycles. The maximum absolute atomic E-state index is 13.3. The van der Waals surface area contributed by atoms with Gasteiger partial charge in [0.2, 0.25) is 5.91 Å². The van der Waals surface area contributed by atoms with Crippen LogP contribution in [0.1, 0.15) is 11.1 Å². The third kappa shape index (κ3) is 4.52. The van der Waals surface area contributed by atoms with Crippen LogP contribution >= 0.6 is 11.6 Å². The van der Waals surface area contributed by atoms with Gasteiger partial charge in [0.1, 0.15) is 0 Å². The van der Waals surface area contributed by atoms with E-state index in [1.54, 1.807) is 7.11 Å². The number of hydrogen-bond acceptors (Lipinski definition) is 4. The molecule has 172 valence electrons. The van der Waals surface area contributed by atoms with Gasteiger partial charge < -0.3 is 19.9 Å². The smallest absolute Gasteiger partial charge is 0.383 e. The molecule has 2 atom stereocenters. The van der Waals surface area contributed by atoms with Gasteiger partial charge in [-0.15, -0.1) is 0 Å². The number of anilines is 2. The Morgan fingerprint density at radius 1 is 1.19 bits per heavy atom. The zero-order valence-corrected chi connectivity index (χ0v) is 18.4. The molecule has 1 fully saturated rings. The van der Waals surface area contributed by atoms with Crippen LogP contribution in [0.2, 0.25) is 5.02 Å². The molecule has 1 N–H and O–H groups in total. The van der Waals surface area contributed by atoms with Crippen LogP contribution < -0.4 is 15.1 Å². The number of para-hydroxylation sites is 1. The number of halogens is 4. The summed E-state index contributed by atoms with van der Waals surface area (Å²) in [4.78, 5) is 17.3. The van der Waals surface area contributed by atoms with Crippen molar-refractivity contribution in [2.75, 3.05) is 49.7 Å². The highest BCUT2D eigenvalue weighted by Gasteiger charge is 2.43. The number of hydrogen-bond donors (Lipinski definition) is 1. The van der Waals surface area contributed by atoms with E-state index in [4.69, 9.17) is 16.3 Å². The quantitative estimate of drug-likeness (QED) is 0.675. The summed E-state index contributed by atoms with van der Waals surface area (Å²) in [5.74, 6) is -0.672. The molecule has 4 rings (SSSR count). The van der Waals surface area contributed by atoms with Crippen LogP contribution in [0.5, 0.6) is 0 Å². The van der Waals surface area contributed by atoms with E-state index in [1.807, 2.05) is 24.3 Å². The van der Waals surface area contributed by atoms with Crippen LogP contribution in [-0.4, -0.2) is 51.8 Å². The molecule has 0 saturated carbocycles. The van der Waals surface area contributed by atoms with Crippen LogP contribution in [0, 0.1) is 5.92 Å². The maximum Gasteiger partial charge on any atom is 0.416 e. The number of ether oxygens (including phenoxy) is 1. The minimum absolute atomic E-state index is 0.180. The molecular formula is C23H25ClF3N3O2. The normalized spacial score (nSPS) is 20.5. The lowest BCUT2D eigenvalue weighted by Crippen LogP contribution is -2.61. The second-order valence-electron chi connectivity index (χ2n) is 8.09. The first-order valence-corrected chi connectivity index (χ1v) is 10.9. The van der Waals surface area contributed by atoms with Gasteiger partial charge in [-0.25, -0.2) is 0 Å². The molecule has 2 aliphatic rings. The Hall–Kier alpha value is -2.45. The molecule has 2 aromatic carbocycles. The average molecular weight is 468 g/mol. The Morgan fingerprint density at radius 2 is 1.97 bits per heavy atom. The summed E-state index contributed by atoms with van der Waals surface area (Å²) < 4.78 is 44.9. The van der Waals surface area contributed by atoms with Gasteiger partial charge >= 0.3 is 6.18 Å². The van der Waals surface area contributed by atoms with Gasteiger partial charge in [-0.1, -0.05) is 23.7 Å². The fourth-order valence-electron chi connectivity index (χ4n) is 4.63. The predicted molar refractivity (Wildman–Crippen MR) is 118 cm³/mol. The standard InChI is InChI=1S/C23H25ClF3N3O2/c1-32-11-8-28-22(31)17-13-15-12-16(23(25,26)27)6-7-19(15)30-10-9-29(14-21(17)30)20-5-3-2-4-18(20)24/h2-7,12,17,21H,8-11,13-14H2,1H3,(H,28,31). The van der Waals surface area contributed by atoms with E-state index in [2.05, 4.69) is 15.1 Å². The number of fused-ring (bicyclic) bond motifs is 3. The van der Waals surface area contributed by atoms with Gasteiger partial charge in [0.15, 0.2) is 0 Å². The number of nitrogens with one attached hydrogen (secondary N) is 1. The molecule has 2 heterocycles. The van der Waals surface area contributed by atoms with E-state index >= 15 is 0 Å². The van der Waals surface area contributed by atoms with Gasteiger partial charge in [0.05, 0.1) is 34.8 Å². The van der Waals surface area contributed by atoms with Crippen LogP contribution in [0.15, 0.2) is 42.5 Å². The van der Waals surface area contributed by atoms with E-state index in [-0.39, 0.29) is 18.4 Å². The minimum atomic E-state index is -4.43. The van der Waals surface area contributed by atoms with Gasteiger partial charge in [0.25, 0.3) is 0 Å². The number of amides is 1. The summed E-state index contributed by atoms with van der Waals surface area (Å²) in [6.07, 6.45) is -4.18. The number of benzene rings is 2. The Balaban J connectivity index is 1.66. The fourth-order valence-corrected chi connectivity index (χ4v) is 4.89. The monoisotopic (exact) mass is 467 g/mol. The lowest BCUT2D eigenvalue weighted by molar-refractivity contribution is -0.137. The lowest BCUT2D eigenvalue weighted by atomic mass is 9.82. The molecule has 0 aliphatic carbocycles.